The lowest BCUT2D eigenvalue weighted by atomic mass is 10.4. The van der Waals surface area contributed by atoms with Gasteiger partial charge in [-0.15, -0.1) is 10.2 Å². The van der Waals surface area contributed by atoms with Crippen molar-refractivity contribution in [3.63, 3.8) is 0 Å². The maximum absolute atomic E-state index is 10.1. The number of aromatic nitrogens is 2. The normalized spacial score (nSPS) is 10.2. The molecule has 1 heterocycles. The minimum Gasteiger partial charge on any atom is -0.480 e. The van der Waals surface area contributed by atoms with Crippen molar-refractivity contribution in [2.45, 2.75) is 6.42 Å². The van der Waals surface area contributed by atoms with Crippen LogP contribution in [-0.2, 0) is 11.2 Å². The van der Waals surface area contributed by atoms with E-state index in [1.807, 2.05) is 0 Å². The van der Waals surface area contributed by atoms with Gasteiger partial charge in [0.05, 0.1) is 6.54 Å². The predicted octanol–water partition coefficient (Wildman–Crippen LogP) is -0.663. The molecule has 4 N–H and O–H groups in total. The number of nitrogens with one attached hydrogen (secondary N) is 1. The summed E-state index contributed by atoms with van der Waals surface area (Å²) in [6, 6.07) is 0. The van der Waals surface area contributed by atoms with E-state index in [-0.39, 0.29) is 6.54 Å². The number of carboxylic acid groups (broad SMARTS) is 1. The molecular formula is C6H10N4O2S. The zero-order chi connectivity index (χ0) is 9.68. The highest BCUT2D eigenvalue weighted by atomic mass is 32.1. The zero-order valence-electron chi connectivity index (χ0n) is 6.86. The Morgan fingerprint density at radius 3 is 2.92 bits per heavy atom. The summed E-state index contributed by atoms with van der Waals surface area (Å²) >= 11 is 1.31. The number of nitrogen functional groups attached to an aromatic ring is 1. The fourth-order valence-electron chi connectivity index (χ4n) is 0.758. The van der Waals surface area contributed by atoms with E-state index in [1.165, 1.54) is 11.3 Å². The van der Waals surface area contributed by atoms with Gasteiger partial charge in [-0.1, -0.05) is 11.3 Å². The molecule has 0 unspecified atom stereocenters. The van der Waals surface area contributed by atoms with E-state index >= 15 is 0 Å². The second-order valence-corrected chi connectivity index (χ2v) is 3.45. The van der Waals surface area contributed by atoms with Gasteiger partial charge in [0, 0.05) is 13.0 Å². The zero-order valence-corrected chi connectivity index (χ0v) is 7.67. The summed E-state index contributed by atoms with van der Waals surface area (Å²) in [6.45, 7) is 0.537. The van der Waals surface area contributed by atoms with Crippen molar-refractivity contribution in [1.29, 1.82) is 0 Å². The number of anilines is 1. The van der Waals surface area contributed by atoms with Gasteiger partial charge in [0.1, 0.15) is 5.01 Å². The van der Waals surface area contributed by atoms with Crippen LogP contribution in [0.2, 0.25) is 0 Å². The van der Waals surface area contributed by atoms with Gasteiger partial charge >= 0.3 is 5.97 Å². The maximum atomic E-state index is 10.1. The Morgan fingerprint density at radius 2 is 2.38 bits per heavy atom. The van der Waals surface area contributed by atoms with Crippen LogP contribution >= 0.6 is 11.3 Å². The van der Waals surface area contributed by atoms with Crippen LogP contribution in [0.5, 0.6) is 0 Å². The van der Waals surface area contributed by atoms with E-state index in [9.17, 15) is 4.79 Å². The summed E-state index contributed by atoms with van der Waals surface area (Å²) in [6.07, 6.45) is 0.655. The monoisotopic (exact) mass is 202 g/mol. The average Bonchev–Trinajstić information content (AvgIpc) is 2.45. The van der Waals surface area contributed by atoms with Gasteiger partial charge in [0.15, 0.2) is 0 Å². The molecule has 0 bridgehead atoms. The van der Waals surface area contributed by atoms with Gasteiger partial charge in [-0.2, -0.15) is 0 Å². The Bertz CT molecular complexity index is 288. The molecule has 0 saturated heterocycles. The first kappa shape index (κ1) is 9.87. The van der Waals surface area contributed by atoms with Crippen molar-refractivity contribution in [3.05, 3.63) is 5.01 Å². The van der Waals surface area contributed by atoms with E-state index in [4.69, 9.17) is 10.8 Å². The summed E-state index contributed by atoms with van der Waals surface area (Å²) in [5, 5.41) is 19.7. The molecule has 7 heteroatoms. The molecule has 0 fully saturated rings. The Hall–Kier alpha value is -1.21. The predicted molar refractivity (Wildman–Crippen MR) is 48.5 cm³/mol. The molecule has 0 amide bonds. The standard InChI is InChI=1S/C6H10N4O2S/c7-6-10-9-4(13-6)1-2-8-3-5(11)12/h8H,1-3H2,(H2,7,10)(H,11,12). The van der Waals surface area contributed by atoms with Crippen LogP contribution in [0.25, 0.3) is 0 Å². The van der Waals surface area contributed by atoms with E-state index in [0.717, 1.165) is 5.01 Å². The highest BCUT2D eigenvalue weighted by molar-refractivity contribution is 7.15. The molecule has 13 heavy (non-hydrogen) atoms. The topological polar surface area (TPSA) is 101 Å². The Kier molecular flexibility index (Phi) is 3.59. The number of aliphatic carboxylic acids is 1. The van der Waals surface area contributed by atoms with Crippen molar-refractivity contribution in [1.82, 2.24) is 15.5 Å². The minimum atomic E-state index is -0.864. The van der Waals surface area contributed by atoms with Gasteiger partial charge in [-0.25, -0.2) is 0 Å². The first-order valence-corrected chi connectivity index (χ1v) is 4.50. The summed E-state index contributed by atoms with van der Waals surface area (Å²) < 4.78 is 0. The largest absolute Gasteiger partial charge is 0.480 e. The third-order valence-corrected chi connectivity index (χ3v) is 2.09. The van der Waals surface area contributed by atoms with Gasteiger partial charge in [0.2, 0.25) is 5.13 Å². The second kappa shape index (κ2) is 4.73. The number of hydrogen-bond donors (Lipinski definition) is 3. The number of carbonyl (C=O) groups is 1. The number of nitrogens with zero attached hydrogens (tertiary/aromatic N) is 2. The first-order chi connectivity index (χ1) is 6.18. The molecule has 0 aromatic carbocycles. The van der Waals surface area contributed by atoms with E-state index in [1.54, 1.807) is 0 Å². The smallest absolute Gasteiger partial charge is 0.317 e. The lowest BCUT2D eigenvalue weighted by Crippen LogP contribution is -2.24. The van der Waals surface area contributed by atoms with Crippen molar-refractivity contribution < 1.29 is 9.90 Å². The lowest BCUT2D eigenvalue weighted by Gasteiger charge is -1.97. The van der Waals surface area contributed by atoms with Crippen LogP contribution in [0, 0.1) is 0 Å². The van der Waals surface area contributed by atoms with Crippen LogP contribution in [0.3, 0.4) is 0 Å². The fourth-order valence-corrected chi connectivity index (χ4v) is 1.37. The molecule has 1 aromatic heterocycles. The summed E-state index contributed by atoms with van der Waals surface area (Å²) in [5.41, 5.74) is 5.36. The molecule has 72 valence electrons. The second-order valence-electron chi connectivity index (χ2n) is 2.35. The van der Waals surface area contributed by atoms with Crippen LogP contribution in [-0.4, -0.2) is 34.4 Å². The van der Waals surface area contributed by atoms with Crippen LogP contribution in [0.1, 0.15) is 5.01 Å². The number of carboxylic acids is 1. The molecule has 1 aromatic rings. The highest BCUT2D eigenvalue weighted by Crippen LogP contribution is 2.10. The highest BCUT2D eigenvalue weighted by Gasteiger charge is 2.00. The summed E-state index contributed by atoms with van der Waals surface area (Å²) in [4.78, 5) is 10.1. The molecule has 0 aliphatic carbocycles. The molecule has 6 nitrogen and oxygen atoms in total. The van der Waals surface area contributed by atoms with Crippen molar-refractivity contribution in [2.24, 2.45) is 0 Å². The number of hydrogen-bond acceptors (Lipinski definition) is 6. The fraction of sp³-hybridized carbons (Fsp3) is 0.500. The van der Waals surface area contributed by atoms with Crippen LogP contribution in [0.15, 0.2) is 0 Å². The Balaban J connectivity index is 2.16. The Morgan fingerprint density at radius 1 is 1.62 bits per heavy atom. The molecule has 0 saturated carbocycles. The van der Waals surface area contributed by atoms with Gasteiger partial charge < -0.3 is 16.2 Å². The molecule has 0 spiro atoms. The SMILES string of the molecule is Nc1nnc(CCNCC(=O)O)s1. The molecule has 0 aliphatic heterocycles. The number of nitrogens with two attached hydrogens (primary N) is 1. The van der Waals surface area contributed by atoms with Gasteiger partial charge in [0.25, 0.3) is 0 Å². The average molecular weight is 202 g/mol. The minimum absolute atomic E-state index is 0.0334. The van der Waals surface area contributed by atoms with Crippen molar-refractivity contribution in [3.8, 4) is 0 Å². The summed E-state index contributed by atoms with van der Waals surface area (Å²) in [5.74, 6) is -0.864. The van der Waals surface area contributed by atoms with Gasteiger partial charge in [-0.05, 0) is 0 Å². The Labute approximate surface area is 78.8 Å². The third-order valence-electron chi connectivity index (χ3n) is 1.27. The van der Waals surface area contributed by atoms with Crippen LogP contribution in [0.4, 0.5) is 5.13 Å². The van der Waals surface area contributed by atoms with Crippen molar-refractivity contribution in [2.75, 3.05) is 18.8 Å². The maximum Gasteiger partial charge on any atom is 0.317 e. The van der Waals surface area contributed by atoms with Crippen molar-refractivity contribution >= 4 is 22.4 Å². The van der Waals surface area contributed by atoms with E-state index in [2.05, 4.69) is 15.5 Å². The first-order valence-electron chi connectivity index (χ1n) is 3.69. The molecule has 0 aliphatic rings. The van der Waals surface area contributed by atoms with Crippen LogP contribution < -0.4 is 11.1 Å². The molecular weight excluding hydrogens is 192 g/mol. The molecule has 0 radical (unpaired) electrons. The quantitative estimate of drug-likeness (QED) is 0.548. The third kappa shape index (κ3) is 3.81. The van der Waals surface area contributed by atoms with E-state index in [0.29, 0.717) is 18.1 Å². The summed E-state index contributed by atoms with van der Waals surface area (Å²) in [7, 11) is 0. The van der Waals surface area contributed by atoms with Gasteiger partial charge in [-0.3, -0.25) is 4.79 Å². The number of rotatable bonds is 5. The molecule has 0 atom stereocenters. The van der Waals surface area contributed by atoms with E-state index < -0.39 is 5.97 Å². The molecule has 1 rings (SSSR count). The lowest BCUT2D eigenvalue weighted by molar-refractivity contribution is -0.135.